The van der Waals surface area contributed by atoms with E-state index in [0.717, 1.165) is 23.5 Å². The van der Waals surface area contributed by atoms with Crippen molar-refractivity contribution in [2.75, 3.05) is 0 Å². The Kier molecular flexibility index (Phi) is 4.46. The summed E-state index contributed by atoms with van der Waals surface area (Å²) in [5.74, 6) is 0.291. The fourth-order valence-corrected chi connectivity index (χ4v) is 2.71. The van der Waals surface area contributed by atoms with Gasteiger partial charge in [-0.2, -0.15) is 0 Å². The maximum Gasteiger partial charge on any atom is 0.340 e. The van der Waals surface area contributed by atoms with Crippen molar-refractivity contribution < 1.29 is 13.9 Å². The number of rotatable bonds is 5. The second-order valence-corrected chi connectivity index (χ2v) is 5.47. The molecule has 0 atom stereocenters. The van der Waals surface area contributed by atoms with Crippen molar-refractivity contribution >= 4 is 5.97 Å². The largest absolute Gasteiger partial charge is 0.452 e. The number of esters is 1. The van der Waals surface area contributed by atoms with Crippen molar-refractivity contribution in [1.82, 2.24) is 14.8 Å². The summed E-state index contributed by atoms with van der Waals surface area (Å²) in [5.41, 5.74) is 3.33. The van der Waals surface area contributed by atoms with Crippen LogP contribution in [0.15, 0.2) is 40.8 Å². The van der Waals surface area contributed by atoms with Crippen LogP contribution in [0.3, 0.4) is 0 Å². The van der Waals surface area contributed by atoms with Gasteiger partial charge in [-0.25, -0.2) is 4.79 Å². The quantitative estimate of drug-likeness (QED) is 0.671. The van der Waals surface area contributed by atoms with E-state index in [0.29, 0.717) is 11.5 Å². The van der Waals surface area contributed by atoms with Gasteiger partial charge in [0, 0.05) is 23.5 Å². The highest BCUT2D eigenvalue weighted by Crippen LogP contribution is 2.19. The summed E-state index contributed by atoms with van der Waals surface area (Å²) in [5, 5.41) is 7.89. The second kappa shape index (κ2) is 6.70. The zero-order valence-corrected chi connectivity index (χ0v) is 13.9. The molecular weight excluding hydrogens is 306 g/mol. The number of hydrogen-bond acceptors (Lipinski definition) is 5. The first-order valence-corrected chi connectivity index (χ1v) is 7.81. The summed E-state index contributed by atoms with van der Waals surface area (Å²) in [7, 11) is 0. The Bertz CT molecular complexity index is 850. The highest BCUT2D eigenvalue weighted by molar-refractivity contribution is 5.91. The molecular formula is C18H19N3O3. The average Bonchev–Trinajstić information content (AvgIpc) is 3.18. The van der Waals surface area contributed by atoms with E-state index in [-0.39, 0.29) is 18.5 Å². The fourth-order valence-electron chi connectivity index (χ4n) is 2.71. The highest BCUT2D eigenvalue weighted by atomic mass is 16.5. The van der Waals surface area contributed by atoms with Gasteiger partial charge in [0.1, 0.15) is 0 Å². The van der Waals surface area contributed by atoms with Gasteiger partial charge >= 0.3 is 5.97 Å². The van der Waals surface area contributed by atoms with E-state index in [2.05, 4.69) is 14.8 Å². The molecule has 0 N–H and O–H groups in total. The minimum atomic E-state index is -0.387. The van der Waals surface area contributed by atoms with Crippen LogP contribution in [0, 0.1) is 13.8 Å². The Morgan fingerprint density at radius 3 is 2.62 bits per heavy atom. The van der Waals surface area contributed by atoms with Crippen LogP contribution in [0.2, 0.25) is 0 Å². The van der Waals surface area contributed by atoms with Crippen LogP contribution >= 0.6 is 0 Å². The van der Waals surface area contributed by atoms with Crippen molar-refractivity contribution in [2.24, 2.45) is 0 Å². The highest BCUT2D eigenvalue weighted by Gasteiger charge is 2.17. The number of carbonyl (C=O) groups excluding carboxylic acids is 1. The van der Waals surface area contributed by atoms with Crippen LogP contribution in [0.4, 0.5) is 0 Å². The Balaban J connectivity index is 1.68. The van der Waals surface area contributed by atoms with E-state index in [1.807, 2.05) is 57.2 Å². The minimum absolute atomic E-state index is 0.0472. The van der Waals surface area contributed by atoms with E-state index in [9.17, 15) is 4.79 Å². The lowest BCUT2D eigenvalue weighted by Crippen LogP contribution is -2.07. The van der Waals surface area contributed by atoms with E-state index < -0.39 is 0 Å². The van der Waals surface area contributed by atoms with Crippen molar-refractivity contribution in [2.45, 2.75) is 33.9 Å². The molecule has 0 fully saturated rings. The van der Waals surface area contributed by atoms with Crippen LogP contribution in [-0.4, -0.2) is 20.7 Å². The van der Waals surface area contributed by atoms with E-state index in [1.54, 1.807) is 0 Å². The summed E-state index contributed by atoms with van der Waals surface area (Å²) in [6.07, 6.45) is 0. The molecule has 3 rings (SSSR count). The number of benzene rings is 1. The average molecular weight is 325 g/mol. The third kappa shape index (κ3) is 3.08. The summed E-state index contributed by atoms with van der Waals surface area (Å²) in [4.78, 5) is 12.3. The molecule has 0 spiro atoms. The van der Waals surface area contributed by atoms with Crippen molar-refractivity contribution in [3.8, 4) is 11.5 Å². The monoisotopic (exact) mass is 325 g/mol. The first kappa shape index (κ1) is 16.0. The van der Waals surface area contributed by atoms with Crippen LogP contribution in [0.1, 0.15) is 34.6 Å². The third-order valence-electron chi connectivity index (χ3n) is 3.92. The van der Waals surface area contributed by atoms with E-state index in [4.69, 9.17) is 9.15 Å². The zero-order chi connectivity index (χ0) is 17.1. The van der Waals surface area contributed by atoms with Gasteiger partial charge in [0.05, 0.1) is 5.56 Å². The predicted molar refractivity (Wildman–Crippen MR) is 88.4 cm³/mol. The summed E-state index contributed by atoms with van der Waals surface area (Å²) in [6.45, 7) is 6.69. The fraction of sp³-hybridized carbons (Fsp3) is 0.278. The Morgan fingerprint density at radius 1 is 1.21 bits per heavy atom. The molecule has 0 aliphatic carbocycles. The standard InChI is InChI=1S/C18H19N3O3/c1-4-21-12(2)10-15(13(21)3)18(22)23-11-16-19-20-17(24-16)14-8-6-5-7-9-14/h5-10H,4,11H2,1-3H3. The lowest BCUT2D eigenvalue weighted by atomic mass is 10.2. The van der Waals surface area contributed by atoms with Crippen LogP contribution in [0.5, 0.6) is 0 Å². The van der Waals surface area contributed by atoms with Gasteiger partial charge in [0.25, 0.3) is 5.89 Å². The van der Waals surface area contributed by atoms with Gasteiger partial charge in [0.15, 0.2) is 6.61 Å². The maximum atomic E-state index is 12.3. The van der Waals surface area contributed by atoms with Crippen molar-refractivity contribution in [3.05, 3.63) is 59.2 Å². The normalized spacial score (nSPS) is 10.8. The molecule has 124 valence electrons. The molecule has 0 bridgehead atoms. The van der Waals surface area contributed by atoms with Crippen LogP contribution in [0.25, 0.3) is 11.5 Å². The SMILES string of the molecule is CCn1c(C)cc(C(=O)OCc2nnc(-c3ccccc3)o2)c1C. The molecule has 6 heteroatoms. The molecule has 0 aliphatic rings. The van der Waals surface area contributed by atoms with Gasteiger partial charge in [-0.1, -0.05) is 18.2 Å². The molecule has 0 unspecified atom stereocenters. The minimum Gasteiger partial charge on any atom is -0.452 e. The van der Waals surface area contributed by atoms with Gasteiger partial charge in [-0.3, -0.25) is 0 Å². The van der Waals surface area contributed by atoms with Gasteiger partial charge in [0.2, 0.25) is 5.89 Å². The molecule has 1 aromatic carbocycles. The molecule has 2 heterocycles. The molecule has 24 heavy (non-hydrogen) atoms. The molecule has 0 saturated carbocycles. The summed E-state index contributed by atoms with van der Waals surface area (Å²) < 4.78 is 12.9. The molecule has 6 nitrogen and oxygen atoms in total. The molecule has 0 aliphatic heterocycles. The third-order valence-corrected chi connectivity index (χ3v) is 3.92. The molecule has 0 saturated heterocycles. The Morgan fingerprint density at radius 2 is 1.96 bits per heavy atom. The lowest BCUT2D eigenvalue weighted by molar-refractivity contribution is 0.0437. The van der Waals surface area contributed by atoms with Crippen LogP contribution in [-0.2, 0) is 17.9 Å². The number of hydrogen-bond donors (Lipinski definition) is 0. The lowest BCUT2D eigenvalue weighted by Gasteiger charge is -2.05. The second-order valence-electron chi connectivity index (χ2n) is 5.47. The van der Waals surface area contributed by atoms with Crippen LogP contribution < -0.4 is 0 Å². The number of aryl methyl sites for hydroxylation is 1. The summed E-state index contributed by atoms with van der Waals surface area (Å²) >= 11 is 0. The molecule has 0 amide bonds. The van der Waals surface area contributed by atoms with Gasteiger partial charge < -0.3 is 13.7 Å². The molecule has 3 aromatic rings. The Labute approximate surface area is 140 Å². The number of ether oxygens (including phenoxy) is 1. The topological polar surface area (TPSA) is 70.2 Å². The van der Waals surface area contributed by atoms with E-state index >= 15 is 0 Å². The Hall–Kier alpha value is -2.89. The number of carbonyl (C=O) groups is 1. The number of nitrogens with zero attached hydrogens (tertiary/aromatic N) is 3. The predicted octanol–water partition coefficient (Wildman–Crippen LogP) is 3.53. The molecule has 0 radical (unpaired) electrons. The summed E-state index contributed by atoms with van der Waals surface area (Å²) in [6, 6.07) is 11.3. The van der Waals surface area contributed by atoms with E-state index in [1.165, 1.54) is 0 Å². The zero-order valence-electron chi connectivity index (χ0n) is 13.9. The van der Waals surface area contributed by atoms with Crippen molar-refractivity contribution in [1.29, 1.82) is 0 Å². The first-order chi connectivity index (χ1) is 11.6. The molecule has 2 aromatic heterocycles. The maximum absolute atomic E-state index is 12.3. The first-order valence-electron chi connectivity index (χ1n) is 7.81. The number of aromatic nitrogens is 3. The van der Waals surface area contributed by atoms with Gasteiger partial charge in [-0.05, 0) is 39.0 Å². The van der Waals surface area contributed by atoms with Crippen molar-refractivity contribution in [3.63, 3.8) is 0 Å². The van der Waals surface area contributed by atoms with Gasteiger partial charge in [-0.15, -0.1) is 10.2 Å². The smallest absolute Gasteiger partial charge is 0.340 e.